The topological polar surface area (TPSA) is 76.4 Å². The van der Waals surface area contributed by atoms with Gasteiger partial charge in [0.25, 0.3) is 0 Å². The van der Waals surface area contributed by atoms with Gasteiger partial charge in [-0.1, -0.05) is 17.7 Å². The lowest BCUT2D eigenvalue weighted by Gasteiger charge is -2.11. The van der Waals surface area contributed by atoms with Crippen LogP contribution in [0.2, 0.25) is 5.02 Å². The van der Waals surface area contributed by atoms with Crippen molar-refractivity contribution >= 4 is 23.3 Å². The van der Waals surface area contributed by atoms with Crippen LogP contribution < -0.4 is 15.4 Å². The zero-order valence-electron chi connectivity index (χ0n) is 13.5. The molecule has 3 rings (SSSR count). The molecule has 1 aromatic carbocycles. The highest BCUT2D eigenvalue weighted by molar-refractivity contribution is 6.31. The van der Waals surface area contributed by atoms with E-state index in [-0.39, 0.29) is 6.03 Å². The molecule has 2 heterocycles. The van der Waals surface area contributed by atoms with Crippen molar-refractivity contribution in [1.29, 1.82) is 0 Å². The number of rotatable bonds is 5. The predicted octanol–water partition coefficient (Wildman–Crippen LogP) is 4.33. The van der Waals surface area contributed by atoms with Crippen molar-refractivity contribution in [3.05, 3.63) is 65.5 Å². The molecule has 128 valence electrons. The van der Waals surface area contributed by atoms with Gasteiger partial charge in [0.2, 0.25) is 0 Å². The average Bonchev–Trinajstić information content (AvgIpc) is 3.15. The zero-order valence-corrected chi connectivity index (χ0v) is 14.2. The largest absolute Gasteiger partial charge is 0.495 e. The standard InChI is InChI=1S/C18H16ClN3O3/c1-24-16-7-5-13(19)9-15(16)22-18(23)21-11-12-4-6-14(20-10-12)17-3-2-8-25-17/h2-10H,11H2,1H3,(H2,21,22,23). The maximum Gasteiger partial charge on any atom is 0.319 e. The molecular formula is C18H16ClN3O3. The number of nitrogens with zero attached hydrogens (tertiary/aromatic N) is 1. The van der Waals surface area contributed by atoms with Crippen LogP contribution in [-0.4, -0.2) is 18.1 Å². The molecule has 0 fully saturated rings. The van der Waals surface area contributed by atoms with E-state index < -0.39 is 0 Å². The van der Waals surface area contributed by atoms with Crippen LogP contribution in [0.15, 0.2) is 59.3 Å². The number of amides is 2. The number of halogens is 1. The van der Waals surface area contributed by atoms with E-state index in [1.807, 2.05) is 18.2 Å². The van der Waals surface area contributed by atoms with Crippen LogP contribution >= 0.6 is 11.6 Å². The molecule has 0 saturated carbocycles. The lowest BCUT2D eigenvalue weighted by Crippen LogP contribution is -2.28. The lowest BCUT2D eigenvalue weighted by molar-refractivity contribution is 0.251. The smallest absolute Gasteiger partial charge is 0.319 e. The summed E-state index contributed by atoms with van der Waals surface area (Å²) < 4.78 is 10.5. The third-order valence-corrected chi connectivity index (χ3v) is 3.70. The van der Waals surface area contributed by atoms with E-state index in [9.17, 15) is 4.79 Å². The Morgan fingerprint density at radius 2 is 2.16 bits per heavy atom. The fraction of sp³-hybridized carbons (Fsp3) is 0.111. The third-order valence-electron chi connectivity index (χ3n) is 3.46. The molecule has 3 aromatic rings. The van der Waals surface area contributed by atoms with Gasteiger partial charge in [-0.25, -0.2) is 4.79 Å². The van der Waals surface area contributed by atoms with Gasteiger partial charge in [0.15, 0.2) is 5.76 Å². The van der Waals surface area contributed by atoms with Crippen molar-refractivity contribution in [3.63, 3.8) is 0 Å². The molecule has 2 aromatic heterocycles. The number of urea groups is 1. The number of anilines is 1. The van der Waals surface area contributed by atoms with E-state index in [4.69, 9.17) is 20.8 Å². The SMILES string of the molecule is COc1ccc(Cl)cc1NC(=O)NCc1ccc(-c2ccco2)nc1. The summed E-state index contributed by atoms with van der Waals surface area (Å²) in [7, 11) is 1.53. The third kappa shape index (κ3) is 4.30. The highest BCUT2D eigenvalue weighted by atomic mass is 35.5. The molecule has 7 heteroatoms. The van der Waals surface area contributed by atoms with Crippen molar-refractivity contribution in [3.8, 4) is 17.2 Å². The summed E-state index contributed by atoms with van der Waals surface area (Å²) >= 11 is 5.94. The van der Waals surface area contributed by atoms with Gasteiger partial charge < -0.3 is 19.8 Å². The molecule has 0 unspecified atom stereocenters. The van der Waals surface area contributed by atoms with Crippen LogP contribution in [0.25, 0.3) is 11.5 Å². The first kappa shape index (κ1) is 16.9. The maximum atomic E-state index is 12.1. The number of furan rings is 1. The molecule has 0 spiro atoms. The normalized spacial score (nSPS) is 10.3. The van der Waals surface area contributed by atoms with Crippen molar-refractivity contribution in [2.75, 3.05) is 12.4 Å². The van der Waals surface area contributed by atoms with Gasteiger partial charge in [-0.2, -0.15) is 0 Å². The lowest BCUT2D eigenvalue weighted by atomic mass is 10.2. The molecule has 0 aliphatic heterocycles. The monoisotopic (exact) mass is 357 g/mol. The van der Waals surface area contributed by atoms with Gasteiger partial charge >= 0.3 is 6.03 Å². The highest BCUT2D eigenvalue weighted by Crippen LogP contribution is 2.27. The summed E-state index contributed by atoms with van der Waals surface area (Å²) in [4.78, 5) is 16.4. The number of benzene rings is 1. The first-order valence-electron chi connectivity index (χ1n) is 7.53. The van der Waals surface area contributed by atoms with E-state index in [2.05, 4.69) is 15.6 Å². The Morgan fingerprint density at radius 3 is 2.84 bits per heavy atom. The van der Waals surface area contributed by atoms with Crippen molar-refractivity contribution in [1.82, 2.24) is 10.3 Å². The van der Waals surface area contributed by atoms with E-state index in [0.717, 1.165) is 11.3 Å². The van der Waals surface area contributed by atoms with E-state index >= 15 is 0 Å². The van der Waals surface area contributed by atoms with Crippen molar-refractivity contribution in [2.24, 2.45) is 0 Å². The summed E-state index contributed by atoms with van der Waals surface area (Å²) in [5.41, 5.74) is 2.10. The van der Waals surface area contributed by atoms with E-state index in [1.54, 1.807) is 36.7 Å². The average molecular weight is 358 g/mol. The number of carbonyl (C=O) groups excluding carboxylic acids is 1. The molecule has 0 saturated heterocycles. The Morgan fingerprint density at radius 1 is 1.28 bits per heavy atom. The summed E-state index contributed by atoms with van der Waals surface area (Å²) in [5, 5.41) is 5.98. The Kier molecular flexibility index (Phi) is 5.20. The molecule has 0 atom stereocenters. The van der Waals surface area contributed by atoms with Crippen LogP contribution in [0, 0.1) is 0 Å². The minimum Gasteiger partial charge on any atom is -0.495 e. The molecule has 0 aliphatic carbocycles. The Hall–Kier alpha value is -2.99. The minimum absolute atomic E-state index is 0.333. The molecule has 6 nitrogen and oxygen atoms in total. The Bertz CT molecular complexity index is 849. The summed E-state index contributed by atoms with van der Waals surface area (Å²) in [6.45, 7) is 0.333. The quantitative estimate of drug-likeness (QED) is 0.712. The first-order valence-corrected chi connectivity index (χ1v) is 7.90. The first-order chi connectivity index (χ1) is 12.2. The Balaban J connectivity index is 1.58. The number of nitrogens with one attached hydrogen (secondary N) is 2. The number of ether oxygens (including phenoxy) is 1. The molecule has 0 aliphatic rings. The number of carbonyl (C=O) groups is 1. The van der Waals surface area contributed by atoms with Crippen molar-refractivity contribution in [2.45, 2.75) is 6.54 Å². The van der Waals surface area contributed by atoms with Crippen LogP contribution in [-0.2, 0) is 6.54 Å². The molecule has 2 N–H and O–H groups in total. The van der Waals surface area contributed by atoms with Gasteiger partial charge in [0.05, 0.1) is 19.1 Å². The van der Waals surface area contributed by atoms with Crippen LogP contribution in [0.1, 0.15) is 5.56 Å². The fourth-order valence-electron chi connectivity index (χ4n) is 2.23. The highest BCUT2D eigenvalue weighted by Gasteiger charge is 2.08. The second-order valence-electron chi connectivity index (χ2n) is 5.18. The summed E-state index contributed by atoms with van der Waals surface area (Å²) in [6, 6.07) is 12.0. The molecule has 25 heavy (non-hydrogen) atoms. The van der Waals surface area contributed by atoms with Crippen LogP contribution in [0.3, 0.4) is 0 Å². The number of pyridine rings is 1. The van der Waals surface area contributed by atoms with Gasteiger partial charge in [-0.05, 0) is 42.0 Å². The van der Waals surface area contributed by atoms with E-state index in [1.165, 1.54) is 7.11 Å². The number of methoxy groups -OCH3 is 1. The minimum atomic E-state index is -0.365. The number of aromatic nitrogens is 1. The van der Waals surface area contributed by atoms with Gasteiger partial charge in [-0.15, -0.1) is 0 Å². The number of hydrogen-bond acceptors (Lipinski definition) is 4. The molecule has 0 radical (unpaired) electrons. The van der Waals surface area contributed by atoms with E-state index in [0.29, 0.717) is 28.8 Å². The molecular weight excluding hydrogens is 342 g/mol. The molecule has 0 bridgehead atoms. The van der Waals surface area contributed by atoms with Gasteiger partial charge in [0.1, 0.15) is 11.4 Å². The molecule has 2 amide bonds. The van der Waals surface area contributed by atoms with Gasteiger partial charge in [0, 0.05) is 17.8 Å². The van der Waals surface area contributed by atoms with Crippen LogP contribution in [0.5, 0.6) is 5.75 Å². The predicted molar refractivity (Wildman–Crippen MR) is 95.8 cm³/mol. The maximum absolute atomic E-state index is 12.1. The Labute approximate surface area is 149 Å². The fourth-order valence-corrected chi connectivity index (χ4v) is 2.40. The zero-order chi connectivity index (χ0) is 17.6. The van der Waals surface area contributed by atoms with Gasteiger partial charge in [-0.3, -0.25) is 4.98 Å². The number of hydrogen-bond donors (Lipinski definition) is 2. The second-order valence-corrected chi connectivity index (χ2v) is 5.62. The van der Waals surface area contributed by atoms with Crippen molar-refractivity contribution < 1.29 is 13.9 Å². The summed E-state index contributed by atoms with van der Waals surface area (Å²) in [6.07, 6.45) is 3.29. The second kappa shape index (κ2) is 7.72. The summed E-state index contributed by atoms with van der Waals surface area (Å²) in [5.74, 6) is 1.23. The van der Waals surface area contributed by atoms with Crippen LogP contribution in [0.4, 0.5) is 10.5 Å².